The Morgan fingerprint density at radius 1 is 1.64 bits per heavy atom. The van der Waals surface area contributed by atoms with E-state index in [0.29, 0.717) is 6.42 Å². The van der Waals surface area contributed by atoms with E-state index in [0.717, 1.165) is 22.4 Å². The van der Waals surface area contributed by atoms with Gasteiger partial charge in [0, 0.05) is 6.54 Å². The van der Waals surface area contributed by atoms with Crippen molar-refractivity contribution in [1.82, 2.24) is 9.78 Å². The first-order valence-corrected chi connectivity index (χ1v) is 5.33. The van der Waals surface area contributed by atoms with Crippen molar-refractivity contribution in [2.24, 2.45) is 5.73 Å². The number of hydrogen-bond donors (Lipinski definition) is 1. The molecule has 5 heteroatoms. The molecule has 0 bridgehead atoms. The molecule has 14 heavy (non-hydrogen) atoms. The van der Waals surface area contributed by atoms with Gasteiger partial charge in [0.1, 0.15) is 0 Å². The summed E-state index contributed by atoms with van der Waals surface area (Å²) in [6, 6.07) is 0. The lowest BCUT2D eigenvalue weighted by atomic mass is 10.2. The van der Waals surface area contributed by atoms with Gasteiger partial charge in [-0.3, -0.25) is 9.48 Å². The highest BCUT2D eigenvalue weighted by atomic mass is 79.9. The molecule has 2 N–H and O–H groups in total. The predicted molar refractivity (Wildman–Crippen MR) is 58.1 cm³/mol. The monoisotopic (exact) mass is 259 g/mol. The van der Waals surface area contributed by atoms with Crippen LogP contribution in [0.25, 0.3) is 0 Å². The summed E-state index contributed by atoms with van der Waals surface area (Å²) in [5.41, 5.74) is 7.10. The van der Waals surface area contributed by atoms with Crippen LogP contribution in [0, 0.1) is 6.92 Å². The van der Waals surface area contributed by atoms with Gasteiger partial charge in [-0.1, -0.05) is 0 Å². The van der Waals surface area contributed by atoms with Gasteiger partial charge in [-0.05, 0) is 29.8 Å². The Morgan fingerprint density at radius 2 is 2.29 bits per heavy atom. The van der Waals surface area contributed by atoms with Crippen molar-refractivity contribution in [3.8, 4) is 0 Å². The lowest BCUT2D eigenvalue weighted by Crippen LogP contribution is -2.18. The summed E-state index contributed by atoms with van der Waals surface area (Å²) in [6.07, 6.45) is 0.353. The van der Waals surface area contributed by atoms with E-state index >= 15 is 0 Å². The van der Waals surface area contributed by atoms with Crippen molar-refractivity contribution in [2.75, 3.05) is 6.54 Å². The Labute approximate surface area is 91.6 Å². The van der Waals surface area contributed by atoms with Gasteiger partial charge >= 0.3 is 0 Å². The molecule has 0 saturated heterocycles. The third-order valence-electron chi connectivity index (χ3n) is 2.05. The van der Waals surface area contributed by atoms with E-state index in [2.05, 4.69) is 21.0 Å². The first-order chi connectivity index (χ1) is 6.60. The quantitative estimate of drug-likeness (QED) is 0.880. The number of halogens is 1. The summed E-state index contributed by atoms with van der Waals surface area (Å²) in [6.45, 7) is 4.75. The average molecular weight is 260 g/mol. The smallest absolute Gasteiger partial charge is 0.152 e. The molecule has 0 radical (unpaired) electrons. The maximum atomic E-state index is 11.2. The Kier molecular flexibility index (Phi) is 3.83. The number of aryl methyl sites for hydroxylation is 2. The molecule has 4 nitrogen and oxygen atoms in total. The molecule has 0 saturated carbocycles. The highest BCUT2D eigenvalue weighted by Crippen LogP contribution is 2.21. The van der Waals surface area contributed by atoms with Crippen molar-refractivity contribution in [3.63, 3.8) is 0 Å². The zero-order valence-electron chi connectivity index (χ0n) is 8.38. The van der Waals surface area contributed by atoms with Crippen molar-refractivity contribution in [1.29, 1.82) is 0 Å². The fourth-order valence-corrected chi connectivity index (χ4v) is 1.72. The Hall–Kier alpha value is -0.680. The summed E-state index contributed by atoms with van der Waals surface area (Å²) < 4.78 is 2.74. The summed E-state index contributed by atoms with van der Waals surface area (Å²) >= 11 is 3.42. The van der Waals surface area contributed by atoms with Gasteiger partial charge in [0.2, 0.25) is 0 Å². The maximum absolute atomic E-state index is 11.2. The van der Waals surface area contributed by atoms with Gasteiger partial charge in [0.15, 0.2) is 5.78 Å². The van der Waals surface area contributed by atoms with Gasteiger partial charge in [0.05, 0.1) is 28.8 Å². The van der Waals surface area contributed by atoms with Crippen molar-refractivity contribution in [3.05, 3.63) is 15.9 Å². The number of aromatic nitrogens is 2. The van der Waals surface area contributed by atoms with E-state index in [1.54, 1.807) is 0 Å². The Bertz CT molecular complexity index is 346. The second-order valence-electron chi connectivity index (χ2n) is 3.08. The number of nitrogens with two attached hydrogens (primary N) is 1. The number of nitrogens with zero attached hydrogens (tertiary/aromatic N) is 2. The molecule has 0 spiro atoms. The van der Waals surface area contributed by atoms with Crippen LogP contribution in [-0.4, -0.2) is 22.1 Å². The highest BCUT2D eigenvalue weighted by Gasteiger charge is 2.14. The van der Waals surface area contributed by atoms with E-state index in [9.17, 15) is 4.79 Å². The molecule has 1 heterocycles. The molecule has 0 fully saturated rings. The van der Waals surface area contributed by atoms with Crippen LogP contribution >= 0.6 is 15.9 Å². The number of ketones is 1. The van der Waals surface area contributed by atoms with E-state index < -0.39 is 0 Å². The zero-order valence-corrected chi connectivity index (χ0v) is 9.97. The maximum Gasteiger partial charge on any atom is 0.152 e. The largest absolute Gasteiger partial charge is 0.324 e. The second kappa shape index (κ2) is 4.70. The average Bonchev–Trinajstić information content (AvgIpc) is 2.45. The molecule has 0 aliphatic carbocycles. The van der Waals surface area contributed by atoms with E-state index in [4.69, 9.17) is 5.73 Å². The first kappa shape index (κ1) is 11.4. The molecule has 0 amide bonds. The van der Waals surface area contributed by atoms with Crippen LogP contribution in [0.4, 0.5) is 0 Å². The third kappa shape index (κ3) is 2.22. The van der Waals surface area contributed by atoms with Crippen molar-refractivity contribution < 1.29 is 4.79 Å². The van der Waals surface area contributed by atoms with E-state index in [1.807, 2.05) is 18.5 Å². The van der Waals surface area contributed by atoms with E-state index in [1.165, 1.54) is 0 Å². The lowest BCUT2D eigenvalue weighted by Gasteiger charge is -2.03. The highest BCUT2D eigenvalue weighted by molar-refractivity contribution is 9.10. The topological polar surface area (TPSA) is 60.9 Å². The molecule has 0 aliphatic rings. The second-order valence-corrected chi connectivity index (χ2v) is 3.87. The molecular weight excluding hydrogens is 246 g/mol. The van der Waals surface area contributed by atoms with Crippen LogP contribution in [0.2, 0.25) is 0 Å². The molecule has 1 aromatic rings. The molecule has 0 aromatic carbocycles. The van der Waals surface area contributed by atoms with E-state index in [-0.39, 0.29) is 12.3 Å². The number of rotatable bonds is 4. The molecular formula is C9H14BrN3O. The van der Waals surface area contributed by atoms with Crippen molar-refractivity contribution >= 4 is 21.7 Å². The molecule has 0 aliphatic heterocycles. The zero-order chi connectivity index (χ0) is 10.7. The Balaban J connectivity index is 2.99. The van der Waals surface area contributed by atoms with Gasteiger partial charge in [-0.2, -0.15) is 5.10 Å². The first-order valence-electron chi connectivity index (χ1n) is 4.53. The minimum Gasteiger partial charge on any atom is -0.324 e. The molecule has 1 aromatic heterocycles. The minimum atomic E-state index is 0.0281. The van der Waals surface area contributed by atoms with Gasteiger partial charge in [-0.25, -0.2) is 0 Å². The summed E-state index contributed by atoms with van der Waals surface area (Å²) in [4.78, 5) is 11.2. The standard InChI is InChI=1S/C9H14BrN3O/c1-3-13-8(4-7(14)5-11)9(10)6(2)12-13/h3-5,11H2,1-2H3. The summed E-state index contributed by atoms with van der Waals surface area (Å²) in [7, 11) is 0. The van der Waals surface area contributed by atoms with Crippen LogP contribution in [-0.2, 0) is 17.8 Å². The van der Waals surface area contributed by atoms with Crippen molar-refractivity contribution in [2.45, 2.75) is 26.8 Å². The fraction of sp³-hybridized carbons (Fsp3) is 0.556. The molecule has 1 rings (SSSR count). The number of carbonyl (C=O) groups excluding carboxylic acids is 1. The summed E-state index contributed by atoms with van der Waals surface area (Å²) in [5.74, 6) is 0.0281. The SMILES string of the molecule is CCn1nc(C)c(Br)c1CC(=O)CN. The lowest BCUT2D eigenvalue weighted by molar-refractivity contribution is -0.117. The van der Waals surface area contributed by atoms with Crippen LogP contribution in [0.1, 0.15) is 18.3 Å². The van der Waals surface area contributed by atoms with Crippen LogP contribution in [0.3, 0.4) is 0 Å². The van der Waals surface area contributed by atoms with Gasteiger partial charge in [-0.15, -0.1) is 0 Å². The Morgan fingerprint density at radius 3 is 2.79 bits per heavy atom. The van der Waals surface area contributed by atoms with Crippen LogP contribution in [0.5, 0.6) is 0 Å². The molecule has 0 unspecified atom stereocenters. The number of carbonyl (C=O) groups is 1. The van der Waals surface area contributed by atoms with Crippen LogP contribution < -0.4 is 5.73 Å². The van der Waals surface area contributed by atoms with Gasteiger partial charge < -0.3 is 5.73 Å². The minimum absolute atomic E-state index is 0.0281. The normalized spacial score (nSPS) is 10.6. The van der Waals surface area contributed by atoms with Crippen LogP contribution in [0.15, 0.2) is 4.47 Å². The molecule has 0 atom stereocenters. The number of Topliss-reactive ketones (excluding diaryl/α,β-unsaturated/α-hetero) is 1. The predicted octanol–water partition coefficient (Wildman–Crippen LogP) is 1.04. The number of hydrogen-bond acceptors (Lipinski definition) is 3. The fourth-order valence-electron chi connectivity index (χ4n) is 1.30. The summed E-state index contributed by atoms with van der Waals surface area (Å²) in [5, 5.41) is 4.29. The molecule has 78 valence electrons. The third-order valence-corrected chi connectivity index (χ3v) is 3.08. The van der Waals surface area contributed by atoms with Gasteiger partial charge in [0.25, 0.3) is 0 Å².